The van der Waals surface area contributed by atoms with Crippen molar-refractivity contribution in [2.75, 3.05) is 0 Å². The number of piperidine rings is 1. The highest BCUT2D eigenvalue weighted by atomic mass is 19.1. The molecular weight excluding hydrogens is 309 g/mol. The quantitative estimate of drug-likeness (QED) is 0.763. The van der Waals surface area contributed by atoms with Crippen LogP contribution in [-0.2, 0) is 4.74 Å². The lowest BCUT2D eigenvalue weighted by atomic mass is 9.85. The SMILES string of the molecule is CC(C)(C)OC(=O)N1C2CCC1CC(C(=O)c1ccc(F)cc1)C2. The Morgan fingerprint density at radius 1 is 1.08 bits per heavy atom. The first-order valence-corrected chi connectivity index (χ1v) is 8.56. The van der Waals surface area contributed by atoms with Crippen LogP contribution in [0.5, 0.6) is 0 Å². The van der Waals surface area contributed by atoms with Crippen LogP contribution >= 0.6 is 0 Å². The van der Waals surface area contributed by atoms with Gasteiger partial charge < -0.3 is 9.64 Å². The van der Waals surface area contributed by atoms with Crippen LogP contribution in [0.15, 0.2) is 24.3 Å². The van der Waals surface area contributed by atoms with E-state index in [1.54, 1.807) is 12.1 Å². The average Bonchev–Trinajstić information content (AvgIpc) is 2.76. The molecular formula is C19H24FNO3. The van der Waals surface area contributed by atoms with Crippen molar-refractivity contribution in [2.24, 2.45) is 5.92 Å². The molecule has 1 amide bonds. The molecule has 4 nitrogen and oxygen atoms in total. The summed E-state index contributed by atoms with van der Waals surface area (Å²) in [4.78, 5) is 26.9. The van der Waals surface area contributed by atoms with Crippen molar-refractivity contribution in [3.05, 3.63) is 35.6 Å². The molecule has 2 atom stereocenters. The van der Waals surface area contributed by atoms with Gasteiger partial charge in [-0.15, -0.1) is 0 Å². The number of benzene rings is 1. The molecule has 2 aliphatic heterocycles. The van der Waals surface area contributed by atoms with E-state index >= 15 is 0 Å². The van der Waals surface area contributed by atoms with Gasteiger partial charge in [-0.25, -0.2) is 9.18 Å². The molecule has 2 saturated heterocycles. The Balaban J connectivity index is 1.70. The monoisotopic (exact) mass is 333 g/mol. The Kier molecular flexibility index (Phi) is 4.37. The van der Waals surface area contributed by atoms with Crippen molar-refractivity contribution in [3.63, 3.8) is 0 Å². The standard InChI is InChI=1S/C19H24FNO3/c1-19(2,3)24-18(23)21-15-8-9-16(21)11-13(10-15)17(22)12-4-6-14(20)7-5-12/h4-7,13,15-16H,8-11H2,1-3H3. The Morgan fingerprint density at radius 3 is 2.12 bits per heavy atom. The summed E-state index contributed by atoms with van der Waals surface area (Å²) in [6, 6.07) is 5.84. The predicted molar refractivity (Wildman–Crippen MR) is 88.3 cm³/mol. The van der Waals surface area contributed by atoms with E-state index in [-0.39, 0.29) is 35.7 Å². The van der Waals surface area contributed by atoms with Gasteiger partial charge in [-0.3, -0.25) is 4.79 Å². The Morgan fingerprint density at radius 2 is 1.62 bits per heavy atom. The molecule has 0 aromatic heterocycles. The van der Waals surface area contributed by atoms with Crippen LogP contribution in [0.4, 0.5) is 9.18 Å². The Bertz CT molecular complexity index is 621. The number of amides is 1. The van der Waals surface area contributed by atoms with Gasteiger partial charge in [0.25, 0.3) is 0 Å². The number of halogens is 1. The number of fused-ring (bicyclic) bond motifs is 2. The average molecular weight is 333 g/mol. The van der Waals surface area contributed by atoms with Crippen LogP contribution in [0.25, 0.3) is 0 Å². The number of rotatable bonds is 2. The first-order chi connectivity index (χ1) is 11.2. The van der Waals surface area contributed by atoms with Crippen LogP contribution in [0.2, 0.25) is 0 Å². The Labute approximate surface area is 142 Å². The third-order valence-corrected chi connectivity index (χ3v) is 4.84. The second kappa shape index (κ2) is 6.19. The molecule has 0 spiro atoms. The molecule has 1 aromatic carbocycles. The molecule has 2 aliphatic rings. The van der Waals surface area contributed by atoms with Crippen molar-refractivity contribution in [2.45, 2.75) is 64.1 Å². The maximum atomic E-state index is 13.0. The van der Waals surface area contributed by atoms with Crippen molar-refractivity contribution in [1.29, 1.82) is 0 Å². The maximum absolute atomic E-state index is 13.0. The molecule has 3 rings (SSSR count). The maximum Gasteiger partial charge on any atom is 0.410 e. The topological polar surface area (TPSA) is 46.6 Å². The van der Waals surface area contributed by atoms with Gasteiger partial charge >= 0.3 is 6.09 Å². The van der Waals surface area contributed by atoms with E-state index in [1.807, 2.05) is 25.7 Å². The van der Waals surface area contributed by atoms with Crippen LogP contribution in [0.3, 0.4) is 0 Å². The van der Waals surface area contributed by atoms with Crippen molar-refractivity contribution < 1.29 is 18.7 Å². The first-order valence-electron chi connectivity index (χ1n) is 8.56. The summed E-state index contributed by atoms with van der Waals surface area (Å²) in [5.74, 6) is -0.395. The zero-order valence-corrected chi connectivity index (χ0v) is 14.4. The minimum Gasteiger partial charge on any atom is -0.444 e. The van der Waals surface area contributed by atoms with E-state index in [0.29, 0.717) is 18.4 Å². The van der Waals surface area contributed by atoms with Crippen molar-refractivity contribution in [3.8, 4) is 0 Å². The van der Waals surface area contributed by atoms with Crippen molar-refractivity contribution in [1.82, 2.24) is 4.90 Å². The summed E-state index contributed by atoms with van der Waals surface area (Å²) in [7, 11) is 0. The summed E-state index contributed by atoms with van der Waals surface area (Å²) < 4.78 is 18.5. The molecule has 1 aromatic rings. The molecule has 5 heteroatoms. The van der Waals surface area contributed by atoms with Gasteiger partial charge in [0.1, 0.15) is 11.4 Å². The molecule has 2 unspecified atom stereocenters. The van der Waals surface area contributed by atoms with E-state index in [1.165, 1.54) is 12.1 Å². The minimum absolute atomic E-state index is 0.0516. The lowest BCUT2D eigenvalue weighted by Gasteiger charge is -2.39. The molecule has 2 heterocycles. The summed E-state index contributed by atoms with van der Waals surface area (Å²) in [6.07, 6.45) is 2.87. The third kappa shape index (κ3) is 3.45. The van der Waals surface area contributed by atoms with Gasteiger partial charge in [0.2, 0.25) is 0 Å². The second-order valence-corrected chi connectivity index (χ2v) is 7.81. The third-order valence-electron chi connectivity index (χ3n) is 4.84. The Hall–Kier alpha value is -1.91. The first kappa shape index (κ1) is 16.9. The molecule has 130 valence electrons. The van der Waals surface area contributed by atoms with Crippen LogP contribution in [0, 0.1) is 11.7 Å². The van der Waals surface area contributed by atoms with E-state index in [0.717, 1.165) is 12.8 Å². The predicted octanol–water partition coefficient (Wildman–Crippen LogP) is 4.19. The normalized spacial score (nSPS) is 26.3. The number of ether oxygens (including phenoxy) is 1. The summed E-state index contributed by atoms with van der Waals surface area (Å²) >= 11 is 0. The zero-order valence-electron chi connectivity index (χ0n) is 14.4. The molecule has 0 saturated carbocycles. The number of carbonyl (C=O) groups is 2. The fourth-order valence-electron chi connectivity index (χ4n) is 3.85. The van der Waals surface area contributed by atoms with E-state index < -0.39 is 5.60 Å². The molecule has 2 fully saturated rings. The fourth-order valence-corrected chi connectivity index (χ4v) is 3.85. The number of Topliss-reactive ketones (excluding diaryl/α,β-unsaturated/α-hetero) is 1. The molecule has 0 aliphatic carbocycles. The van der Waals surface area contributed by atoms with E-state index in [9.17, 15) is 14.0 Å². The van der Waals surface area contributed by atoms with Gasteiger partial charge in [-0.05, 0) is 70.7 Å². The minimum atomic E-state index is -0.517. The van der Waals surface area contributed by atoms with Gasteiger partial charge in [0.15, 0.2) is 5.78 Å². The van der Waals surface area contributed by atoms with Gasteiger partial charge in [-0.1, -0.05) is 0 Å². The number of hydrogen-bond acceptors (Lipinski definition) is 3. The zero-order chi connectivity index (χ0) is 17.5. The number of nitrogens with zero attached hydrogens (tertiary/aromatic N) is 1. The summed E-state index contributed by atoms with van der Waals surface area (Å²) in [5, 5.41) is 0. The van der Waals surface area contributed by atoms with Crippen LogP contribution < -0.4 is 0 Å². The van der Waals surface area contributed by atoms with E-state index in [2.05, 4.69) is 0 Å². The van der Waals surface area contributed by atoms with E-state index in [4.69, 9.17) is 4.74 Å². The van der Waals surface area contributed by atoms with Gasteiger partial charge in [0.05, 0.1) is 0 Å². The lowest BCUT2D eigenvalue weighted by Crippen LogP contribution is -2.49. The van der Waals surface area contributed by atoms with Crippen LogP contribution in [-0.4, -0.2) is 34.5 Å². The van der Waals surface area contributed by atoms with Crippen molar-refractivity contribution >= 4 is 11.9 Å². The highest BCUT2D eigenvalue weighted by molar-refractivity contribution is 5.98. The number of carbonyl (C=O) groups excluding carboxylic acids is 2. The van der Waals surface area contributed by atoms with Gasteiger partial charge in [-0.2, -0.15) is 0 Å². The molecule has 0 radical (unpaired) electrons. The van der Waals surface area contributed by atoms with Crippen LogP contribution in [0.1, 0.15) is 56.8 Å². The number of ketones is 1. The lowest BCUT2D eigenvalue weighted by molar-refractivity contribution is 0.00254. The largest absolute Gasteiger partial charge is 0.444 e. The molecule has 0 N–H and O–H groups in total. The summed E-state index contributed by atoms with van der Waals surface area (Å²) in [6.45, 7) is 5.58. The highest BCUT2D eigenvalue weighted by Gasteiger charge is 2.46. The molecule has 2 bridgehead atoms. The fraction of sp³-hybridized carbons (Fsp3) is 0.579. The second-order valence-electron chi connectivity index (χ2n) is 7.81. The molecule has 24 heavy (non-hydrogen) atoms. The highest BCUT2D eigenvalue weighted by Crippen LogP contribution is 2.40. The van der Waals surface area contributed by atoms with Gasteiger partial charge in [0, 0.05) is 23.6 Å². The number of hydrogen-bond donors (Lipinski definition) is 0. The smallest absolute Gasteiger partial charge is 0.410 e. The summed E-state index contributed by atoms with van der Waals surface area (Å²) in [5.41, 5.74) is 0.0311.